The van der Waals surface area contributed by atoms with E-state index in [9.17, 15) is 18.5 Å². The lowest BCUT2D eigenvalue weighted by atomic mass is 9.84. The van der Waals surface area contributed by atoms with Gasteiger partial charge in [-0.05, 0) is 31.4 Å². The Morgan fingerprint density at radius 3 is 2.29 bits per heavy atom. The smallest absolute Gasteiger partial charge is 0.235 e. The van der Waals surface area contributed by atoms with Gasteiger partial charge in [0.15, 0.2) is 0 Å². The number of nitrogens with zero attached hydrogens (tertiary/aromatic N) is 3. The Morgan fingerprint density at radius 1 is 1.24 bits per heavy atom. The molecule has 114 valence electrons. The molecule has 6 nitrogen and oxygen atoms in total. The Labute approximate surface area is 125 Å². The van der Waals surface area contributed by atoms with Crippen molar-refractivity contribution in [1.29, 1.82) is 5.26 Å². The van der Waals surface area contributed by atoms with Crippen molar-refractivity contribution in [2.45, 2.75) is 25.7 Å². The van der Waals surface area contributed by atoms with E-state index in [2.05, 4.69) is 6.07 Å². The third kappa shape index (κ3) is 3.64. The Bertz CT molecular complexity index is 596. The molecule has 2 aliphatic heterocycles. The van der Waals surface area contributed by atoms with Gasteiger partial charge in [0, 0.05) is 25.5 Å². The van der Waals surface area contributed by atoms with E-state index in [0.717, 1.165) is 42.9 Å². The summed E-state index contributed by atoms with van der Waals surface area (Å²) in [6.45, 7) is 1.48. The molecule has 0 aromatic rings. The molecule has 0 unspecified atom stereocenters. The number of allylic oxidation sites excluding steroid dienone is 2. The first kappa shape index (κ1) is 15.6. The summed E-state index contributed by atoms with van der Waals surface area (Å²) < 4.78 is 23.9. The van der Waals surface area contributed by atoms with E-state index < -0.39 is 15.4 Å². The summed E-state index contributed by atoms with van der Waals surface area (Å²) >= 11 is 0. The topological polar surface area (TPSA) is 81.5 Å². The molecule has 0 aromatic heterocycles. The van der Waals surface area contributed by atoms with Crippen molar-refractivity contribution in [3.8, 4) is 6.07 Å². The Kier molecular flexibility index (Phi) is 4.37. The van der Waals surface area contributed by atoms with Gasteiger partial charge in [-0.3, -0.25) is 9.10 Å². The summed E-state index contributed by atoms with van der Waals surface area (Å²) in [5.74, 6) is -0.0571. The maximum atomic E-state index is 12.3. The van der Waals surface area contributed by atoms with Crippen LogP contribution in [0.4, 0.5) is 0 Å². The number of hydrogen-bond donors (Lipinski definition) is 0. The molecule has 0 bridgehead atoms. The van der Waals surface area contributed by atoms with E-state index in [0.29, 0.717) is 0 Å². The van der Waals surface area contributed by atoms with Crippen molar-refractivity contribution < 1.29 is 13.2 Å². The van der Waals surface area contributed by atoms with Gasteiger partial charge in [0.2, 0.25) is 15.9 Å². The summed E-state index contributed by atoms with van der Waals surface area (Å²) in [6.07, 6.45) is 9.90. The van der Waals surface area contributed by atoms with Crippen LogP contribution in [0.25, 0.3) is 0 Å². The molecule has 1 amide bonds. The van der Waals surface area contributed by atoms with E-state index in [1.807, 2.05) is 0 Å². The van der Waals surface area contributed by atoms with Crippen LogP contribution >= 0.6 is 0 Å². The number of carbonyl (C=O) groups is 1. The van der Waals surface area contributed by atoms with Gasteiger partial charge in [-0.15, -0.1) is 0 Å². The molecule has 1 fully saturated rings. The average Bonchev–Trinajstić information content (AvgIpc) is 2.47. The van der Waals surface area contributed by atoms with Gasteiger partial charge in [-0.25, -0.2) is 8.42 Å². The molecule has 0 aliphatic carbocycles. The van der Waals surface area contributed by atoms with Gasteiger partial charge in [-0.2, -0.15) is 5.26 Å². The van der Waals surface area contributed by atoms with Gasteiger partial charge in [-0.1, -0.05) is 0 Å². The largest absolute Gasteiger partial charge is 0.343 e. The highest BCUT2D eigenvalue weighted by atomic mass is 32.2. The second-order valence-electron chi connectivity index (χ2n) is 5.49. The fourth-order valence-corrected chi connectivity index (χ4v) is 3.04. The fraction of sp³-hybridized carbons (Fsp3) is 0.571. The van der Waals surface area contributed by atoms with Crippen molar-refractivity contribution in [3.63, 3.8) is 0 Å². The lowest BCUT2D eigenvalue weighted by Crippen LogP contribution is -2.38. The molecule has 2 heterocycles. The molecular weight excluding hydrogens is 290 g/mol. The molecule has 0 radical (unpaired) electrons. The number of rotatable bonds is 3. The van der Waals surface area contributed by atoms with Crippen LogP contribution in [-0.2, 0) is 14.8 Å². The molecule has 1 saturated heterocycles. The first-order valence-electron chi connectivity index (χ1n) is 6.93. The SMILES string of the molecule is CS(=O)(=O)N1C=CC(C#N)(CC(=O)N2CCCCC2)C=C1. The summed E-state index contributed by atoms with van der Waals surface area (Å²) in [6, 6.07) is 2.12. The molecule has 7 heteroatoms. The highest BCUT2D eigenvalue weighted by Gasteiger charge is 2.33. The Morgan fingerprint density at radius 2 is 1.81 bits per heavy atom. The second-order valence-corrected chi connectivity index (χ2v) is 7.38. The standard InChI is InChI=1S/C14H19N3O3S/c1-21(19,20)17-9-5-14(12-15,6-10-17)11-13(18)16-7-3-2-4-8-16/h5-6,9-10H,2-4,7-8,11H2,1H3. The zero-order valence-corrected chi connectivity index (χ0v) is 12.8. The van der Waals surface area contributed by atoms with Gasteiger partial charge < -0.3 is 4.90 Å². The van der Waals surface area contributed by atoms with Crippen molar-refractivity contribution >= 4 is 15.9 Å². The quantitative estimate of drug-likeness (QED) is 0.784. The van der Waals surface area contributed by atoms with Crippen LogP contribution in [0, 0.1) is 16.7 Å². The number of piperidine rings is 1. The highest BCUT2D eigenvalue weighted by Crippen LogP contribution is 2.30. The van der Waals surface area contributed by atoms with Crippen LogP contribution in [0.1, 0.15) is 25.7 Å². The number of nitriles is 1. The first-order chi connectivity index (χ1) is 9.86. The zero-order valence-electron chi connectivity index (χ0n) is 12.0. The zero-order chi connectivity index (χ0) is 15.5. The number of amides is 1. The average molecular weight is 309 g/mol. The predicted molar refractivity (Wildman–Crippen MR) is 78.1 cm³/mol. The predicted octanol–water partition coefficient (Wildman–Crippen LogP) is 1.20. The maximum Gasteiger partial charge on any atom is 0.235 e. The minimum atomic E-state index is -3.38. The summed E-state index contributed by atoms with van der Waals surface area (Å²) in [5, 5.41) is 9.39. The Hall–Kier alpha value is -1.81. The molecule has 21 heavy (non-hydrogen) atoms. The normalized spacial score (nSPS) is 21.1. The van der Waals surface area contributed by atoms with Crippen molar-refractivity contribution in [3.05, 3.63) is 24.6 Å². The number of likely N-dealkylation sites (tertiary alicyclic amines) is 1. The van der Waals surface area contributed by atoms with E-state index in [1.165, 1.54) is 24.6 Å². The molecule has 0 spiro atoms. The summed E-state index contributed by atoms with van der Waals surface area (Å²) in [5.41, 5.74) is -1.06. The summed E-state index contributed by atoms with van der Waals surface area (Å²) in [7, 11) is -3.38. The van der Waals surface area contributed by atoms with Crippen LogP contribution < -0.4 is 0 Å². The monoisotopic (exact) mass is 309 g/mol. The third-order valence-corrected chi connectivity index (χ3v) is 4.79. The van der Waals surface area contributed by atoms with Crippen LogP contribution in [0.15, 0.2) is 24.6 Å². The first-order valence-corrected chi connectivity index (χ1v) is 8.77. The van der Waals surface area contributed by atoms with E-state index in [1.54, 1.807) is 4.90 Å². The van der Waals surface area contributed by atoms with Gasteiger partial charge in [0.25, 0.3) is 0 Å². The minimum Gasteiger partial charge on any atom is -0.343 e. The van der Waals surface area contributed by atoms with Crippen LogP contribution in [-0.4, -0.2) is 42.9 Å². The maximum absolute atomic E-state index is 12.3. The molecule has 0 saturated carbocycles. The van der Waals surface area contributed by atoms with Gasteiger partial charge in [0.05, 0.1) is 18.7 Å². The Balaban J connectivity index is 2.09. The minimum absolute atomic E-state index is 0.0497. The third-order valence-electron chi connectivity index (χ3n) is 3.78. The molecular formula is C14H19N3O3S. The lowest BCUT2D eigenvalue weighted by Gasteiger charge is -2.31. The van der Waals surface area contributed by atoms with E-state index in [-0.39, 0.29) is 12.3 Å². The lowest BCUT2D eigenvalue weighted by molar-refractivity contribution is -0.133. The highest BCUT2D eigenvalue weighted by molar-refractivity contribution is 7.88. The van der Waals surface area contributed by atoms with Crippen LogP contribution in [0.5, 0.6) is 0 Å². The van der Waals surface area contributed by atoms with E-state index >= 15 is 0 Å². The van der Waals surface area contributed by atoms with Gasteiger partial charge in [0.1, 0.15) is 5.41 Å². The fourth-order valence-electron chi connectivity index (χ4n) is 2.48. The number of hydrogen-bond acceptors (Lipinski definition) is 4. The van der Waals surface area contributed by atoms with E-state index in [4.69, 9.17) is 0 Å². The second kappa shape index (κ2) is 5.90. The van der Waals surface area contributed by atoms with Crippen molar-refractivity contribution in [2.24, 2.45) is 5.41 Å². The van der Waals surface area contributed by atoms with Crippen LogP contribution in [0.3, 0.4) is 0 Å². The number of carbonyl (C=O) groups excluding carboxylic acids is 1. The van der Waals surface area contributed by atoms with Crippen molar-refractivity contribution in [1.82, 2.24) is 9.21 Å². The van der Waals surface area contributed by atoms with Crippen molar-refractivity contribution in [2.75, 3.05) is 19.3 Å². The molecule has 2 aliphatic rings. The summed E-state index contributed by atoms with van der Waals surface area (Å²) in [4.78, 5) is 14.1. The molecule has 2 rings (SSSR count). The number of sulfonamides is 1. The molecule has 0 N–H and O–H groups in total. The molecule has 0 aromatic carbocycles. The molecule has 0 atom stereocenters. The van der Waals surface area contributed by atoms with Crippen LogP contribution in [0.2, 0.25) is 0 Å². The van der Waals surface area contributed by atoms with Gasteiger partial charge >= 0.3 is 0 Å².